The molecule has 90 valence electrons. The van der Waals surface area contributed by atoms with Crippen LogP contribution in [0.15, 0.2) is 27.3 Å². The predicted octanol–water partition coefficient (Wildman–Crippen LogP) is 2.15. The van der Waals surface area contributed by atoms with E-state index in [0.717, 1.165) is 0 Å². The highest BCUT2D eigenvalue weighted by molar-refractivity contribution is 5.70. The molecule has 0 aliphatic carbocycles. The fraction of sp³-hybridized carbons (Fsp3) is 0.364. The summed E-state index contributed by atoms with van der Waals surface area (Å²) in [5, 5.41) is 12.6. The summed E-state index contributed by atoms with van der Waals surface area (Å²) in [4.78, 5) is 15.0. The third-order valence-corrected chi connectivity index (χ3v) is 2.71. The van der Waals surface area contributed by atoms with E-state index in [1.54, 1.807) is 26.0 Å². The average Bonchev–Trinajstić information content (AvgIpc) is 2.96. The van der Waals surface area contributed by atoms with Gasteiger partial charge in [-0.1, -0.05) is 19.0 Å². The van der Waals surface area contributed by atoms with Crippen LogP contribution in [0, 0.1) is 5.92 Å². The zero-order chi connectivity index (χ0) is 12.4. The van der Waals surface area contributed by atoms with Crippen LogP contribution < -0.4 is 0 Å². The predicted molar refractivity (Wildman–Crippen MR) is 57.2 cm³/mol. The monoisotopic (exact) mass is 236 g/mol. The highest BCUT2D eigenvalue weighted by Crippen LogP contribution is 2.25. The van der Waals surface area contributed by atoms with Gasteiger partial charge in [0.15, 0.2) is 5.76 Å². The van der Waals surface area contributed by atoms with Gasteiger partial charge in [0.25, 0.3) is 0 Å². The van der Waals surface area contributed by atoms with Crippen LogP contribution in [-0.4, -0.2) is 21.2 Å². The zero-order valence-electron chi connectivity index (χ0n) is 9.45. The molecule has 0 aromatic carbocycles. The minimum Gasteiger partial charge on any atom is -0.481 e. The van der Waals surface area contributed by atoms with Gasteiger partial charge in [-0.25, -0.2) is 0 Å². The summed E-state index contributed by atoms with van der Waals surface area (Å²) in [6.07, 6.45) is 1.51. The van der Waals surface area contributed by atoms with Gasteiger partial charge in [-0.15, -0.1) is 0 Å². The summed E-state index contributed by atoms with van der Waals surface area (Å²) in [7, 11) is 0. The lowest BCUT2D eigenvalue weighted by atomic mass is 9.96. The van der Waals surface area contributed by atoms with Crippen molar-refractivity contribution in [2.45, 2.75) is 19.8 Å². The molecule has 2 aromatic rings. The van der Waals surface area contributed by atoms with E-state index < -0.39 is 11.9 Å². The number of aliphatic carboxylic acids is 1. The standard InChI is InChI=1S/C11H12N2O4/c1-6(7(2)11(14)15)10-12-9(13-17-10)8-4-3-5-16-8/h3-7H,1-2H3,(H,14,15). The number of carboxylic acid groups (broad SMARTS) is 1. The van der Waals surface area contributed by atoms with Crippen molar-refractivity contribution < 1.29 is 18.8 Å². The molecule has 6 nitrogen and oxygen atoms in total. The second-order valence-corrected chi connectivity index (χ2v) is 3.85. The molecule has 2 unspecified atom stereocenters. The van der Waals surface area contributed by atoms with E-state index >= 15 is 0 Å². The maximum atomic E-state index is 10.8. The van der Waals surface area contributed by atoms with E-state index in [9.17, 15) is 4.79 Å². The molecule has 0 fully saturated rings. The fourth-order valence-electron chi connectivity index (χ4n) is 1.35. The molecule has 0 saturated carbocycles. The van der Waals surface area contributed by atoms with Crippen LogP contribution in [-0.2, 0) is 4.79 Å². The maximum absolute atomic E-state index is 10.8. The first-order valence-electron chi connectivity index (χ1n) is 5.20. The largest absolute Gasteiger partial charge is 0.481 e. The molecular formula is C11H12N2O4. The summed E-state index contributed by atoms with van der Waals surface area (Å²) in [5.74, 6) is -0.699. The Bertz CT molecular complexity index is 503. The van der Waals surface area contributed by atoms with Crippen LogP contribution in [0.3, 0.4) is 0 Å². The van der Waals surface area contributed by atoms with E-state index in [0.29, 0.717) is 17.5 Å². The Hall–Kier alpha value is -2.11. The molecule has 17 heavy (non-hydrogen) atoms. The molecule has 0 saturated heterocycles. The molecule has 2 heterocycles. The number of furan rings is 1. The van der Waals surface area contributed by atoms with Crippen LogP contribution in [0.5, 0.6) is 0 Å². The second-order valence-electron chi connectivity index (χ2n) is 3.85. The van der Waals surface area contributed by atoms with E-state index in [1.807, 2.05) is 0 Å². The van der Waals surface area contributed by atoms with Crippen LogP contribution in [0.4, 0.5) is 0 Å². The van der Waals surface area contributed by atoms with E-state index in [1.165, 1.54) is 6.26 Å². The van der Waals surface area contributed by atoms with Crippen molar-refractivity contribution in [3.05, 3.63) is 24.3 Å². The third-order valence-electron chi connectivity index (χ3n) is 2.71. The molecule has 2 aromatic heterocycles. The van der Waals surface area contributed by atoms with Crippen molar-refractivity contribution in [1.82, 2.24) is 10.1 Å². The highest BCUT2D eigenvalue weighted by atomic mass is 16.5. The van der Waals surface area contributed by atoms with Gasteiger partial charge < -0.3 is 14.0 Å². The number of carboxylic acids is 1. The summed E-state index contributed by atoms with van der Waals surface area (Å²) < 4.78 is 10.2. The first-order valence-corrected chi connectivity index (χ1v) is 5.20. The first-order chi connectivity index (χ1) is 8.09. The van der Waals surface area contributed by atoms with Crippen molar-refractivity contribution in [2.24, 2.45) is 5.92 Å². The van der Waals surface area contributed by atoms with Crippen molar-refractivity contribution in [2.75, 3.05) is 0 Å². The van der Waals surface area contributed by atoms with Crippen molar-refractivity contribution in [1.29, 1.82) is 0 Å². The van der Waals surface area contributed by atoms with Crippen molar-refractivity contribution in [3.8, 4) is 11.6 Å². The molecule has 0 radical (unpaired) electrons. The number of hydrogen-bond acceptors (Lipinski definition) is 5. The van der Waals surface area contributed by atoms with Gasteiger partial charge in [-0.3, -0.25) is 4.79 Å². The maximum Gasteiger partial charge on any atom is 0.307 e. The lowest BCUT2D eigenvalue weighted by Crippen LogP contribution is -2.16. The molecule has 0 aliphatic heterocycles. The average molecular weight is 236 g/mol. The van der Waals surface area contributed by atoms with Gasteiger partial charge in [0.1, 0.15) is 0 Å². The summed E-state index contributed by atoms with van der Waals surface area (Å²) in [5.41, 5.74) is 0. The van der Waals surface area contributed by atoms with Gasteiger partial charge in [-0.05, 0) is 12.1 Å². The molecule has 0 amide bonds. The van der Waals surface area contributed by atoms with Gasteiger partial charge >= 0.3 is 5.97 Å². The lowest BCUT2D eigenvalue weighted by molar-refractivity contribution is -0.141. The number of hydrogen-bond donors (Lipinski definition) is 1. The molecule has 1 N–H and O–H groups in total. The summed E-state index contributed by atoms with van der Waals surface area (Å²) in [6, 6.07) is 3.43. The molecule has 2 rings (SSSR count). The van der Waals surface area contributed by atoms with Crippen LogP contribution in [0.25, 0.3) is 11.6 Å². The Morgan fingerprint density at radius 3 is 2.82 bits per heavy atom. The first kappa shape index (κ1) is 11.4. The molecule has 0 aliphatic rings. The number of rotatable bonds is 4. The SMILES string of the molecule is CC(C(=O)O)C(C)c1nc(-c2ccco2)no1. The summed E-state index contributed by atoms with van der Waals surface area (Å²) in [6.45, 7) is 3.34. The van der Waals surface area contributed by atoms with Crippen LogP contribution in [0.1, 0.15) is 25.7 Å². The Labute approximate surface area is 97.2 Å². The van der Waals surface area contributed by atoms with Crippen LogP contribution in [0.2, 0.25) is 0 Å². The minimum absolute atomic E-state index is 0.298. The normalized spacial score (nSPS) is 14.5. The van der Waals surface area contributed by atoms with Crippen molar-refractivity contribution >= 4 is 5.97 Å². The minimum atomic E-state index is -0.893. The number of aromatic nitrogens is 2. The molecule has 2 atom stereocenters. The second kappa shape index (κ2) is 4.40. The smallest absolute Gasteiger partial charge is 0.307 e. The van der Waals surface area contributed by atoms with Gasteiger partial charge in [0.2, 0.25) is 11.7 Å². The molecule has 6 heteroatoms. The molecule has 0 bridgehead atoms. The van der Waals surface area contributed by atoms with Gasteiger partial charge in [-0.2, -0.15) is 4.98 Å². The highest BCUT2D eigenvalue weighted by Gasteiger charge is 2.26. The van der Waals surface area contributed by atoms with E-state index in [-0.39, 0.29) is 5.92 Å². The molecule has 0 spiro atoms. The Morgan fingerprint density at radius 2 is 2.24 bits per heavy atom. The van der Waals surface area contributed by atoms with Crippen LogP contribution >= 0.6 is 0 Å². The Balaban J connectivity index is 2.21. The topological polar surface area (TPSA) is 89.4 Å². The zero-order valence-corrected chi connectivity index (χ0v) is 9.45. The third kappa shape index (κ3) is 2.20. The van der Waals surface area contributed by atoms with Gasteiger partial charge in [0, 0.05) is 5.92 Å². The number of carbonyl (C=O) groups is 1. The van der Waals surface area contributed by atoms with E-state index in [2.05, 4.69) is 10.1 Å². The van der Waals surface area contributed by atoms with Crippen molar-refractivity contribution in [3.63, 3.8) is 0 Å². The summed E-state index contributed by atoms with van der Waals surface area (Å²) >= 11 is 0. The molecular weight excluding hydrogens is 224 g/mol. The lowest BCUT2D eigenvalue weighted by Gasteiger charge is -2.10. The fourth-order valence-corrected chi connectivity index (χ4v) is 1.35. The van der Waals surface area contributed by atoms with Gasteiger partial charge in [0.05, 0.1) is 12.2 Å². The van der Waals surface area contributed by atoms with E-state index in [4.69, 9.17) is 14.0 Å². The Morgan fingerprint density at radius 1 is 1.47 bits per heavy atom. The number of nitrogens with zero attached hydrogens (tertiary/aromatic N) is 2. The quantitative estimate of drug-likeness (QED) is 0.874. The Kier molecular flexibility index (Phi) is 2.95.